The predicted octanol–water partition coefficient (Wildman–Crippen LogP) is 1.29. The predicted molar refractivity (Wildman–Crippen MR) is 79.8 cm³/mol. The van der Waals surface area contributed by atoms with E-state index in [0.29, 0.717) is 12.5 Å². The van der Waals surface area contributed by atoms with E-state index in [1.807, 2.05) is 25.3 Å². The van der Waals surface area contributed by atoms with Gasteiger partial charge in [-0.1, -0.05) is 19.9 Å². The summed E-state index contributed by atoms with van der Waals surface area (Å²) in [4.78, 5) is 38.0. The van der Waals surface area contributed by atoms with E-state index >= 15 is 0 Å². The van der Waals surface area contributed by atoms with Gasteiger partial charge in [0.2, 0.25) is 5.91 Å². The van der Waals surface area contributed by atoms with Gasteiger partial charge in [-0.05, 0) is 24.3 Å². The van der Waals surface area contributed by atoms with Gasteiger partial charge in [-0.3, -0.25) is 14.5 Å². The first kappa shape index (κ1) is 15.5. The summed E-state index contributed by atoms with van der Waals surface area (Å²) in [5.41, 5.74) is -1.08. The number of nitrogens with one attached hydrogen (secondary N) is 2. The van der Waals surface area contributed by atoms with Crippen LogP contribution >= 0.6 is 11.3 Å². The lowest BCUT2D eigenvalue weighted by Crippen LogP contribution is -2.43. The van der Waals surface area contributed by atoms with Crippen molar-refractivity contribution in [2.45, 2.75) is 26.3 Å². The van der Waals surface area contributed by atoms with Crippen molar-refractivity contribution in [2.75, 3.05) is 13.1 Å². The highest BCUT2D eigenvalue weighted by Gasteiger charge is 2.50. The van der Waals surface area contributed by atoms with E-state index in [9.17, 15) is 14.4 Å². The van der Waals surface area contributed by atoms with Crippen molar-refractivity contribution in [3.05, 3.63) is 22.4 Å². The Morgan fingerprint density at radius 3 is 2.76 bits per heavy atom. The monoisotopic (exact) mass is 309 g/mol. The Labute approximate surface area is 127 Å². The third-order valence-corrected chi connectivity index (χ3v) is 4.39. The molecule has 1 fully saturated rings. The van der Waals surface area contributed by atoms with Gasteiger partial charge < -0.3 is 10.6 Å². The highest BCUT2D eigenvalue weighted by molar-refractivity contribution is 7.10. The zero-order chi connectivity index (χ0) is 15.6. The van der Waals surface area contributed by atoms with Gasteiger partial charge >= 0.3 is 6.03 Å². The fourth-order valence-corrected chi connectivity index (χ4v) is 2.92. The quantitative estimate of drug-likeness (QED) is 0.804. The van der Waals surface area contributed by atoms with Crippen molar-refractivity contribution < 1.29 is 14.4 Å². The molecule has 6 nitrogen and oxygen atoms in total. The lowest BCUT2D eigenvalue weighted by atomic mass is 10.0. The van der Waals surface area contributed by atoms with Crippen LogP contribution in [0.2, 0.25) is 0 Å². The number of hydrogen-bond donors (Lipinski definition) is 2. The van der Waals surface area contributed by atoms with Crippen molar-refractivity contribution in [3.63, 3.8) is 0 Å². The van der Waals surface area contributed by atoms with Gasteiger partial charge in [-0.25, -0.2) is 4.79 Å². The molecule has 7 heteroatoms. The van der Waals surface area contributed by atoms with Crippen molar-refractivity contribution in [1.29, 1.82) is 0 Å². The molecule has 2 rings (SSSR count). The summed E-state index contributed by atoms with van der Waals surface area (Å²) in [7, 11) is 0. The maximum atomic E-state index is 12.5. The Bertz CT molecular complexity index is 556. The number of nitrogens with zero attached hydrogens (tertiary/aromatic N) is 1. The molecule has 0 bridgehead atoms. The Hall–Kier alpha value is -1.89. The number of hydrogen-bond acceptors (Lipinski definition) is 4. The number of amides is 4. The first-order valence-corrected chi connectivity index (χ1v) is 7.67. The topological polar surface area (TPSA) is 78.5 Å². The molecule has 114 valence electrons. The summed E-state index contributed by atoms with van der Waals surface area (Å²) in [5.74, 6) is -0.411. The highest BCUT2D eigenvalue weighted by Crippen LogP contribution is 2.31. The van der Waals surface area contributed by atoms with Gasteiger partial charge in [0.05, 0.1) is 0 Å². The Morgan fingerprint density at radius 2 is 2.19 bits per heavy atom. The van der Waals surface area contributed by atoms with E-state index < -0.39 is 17.5 Å². The Balaban J connectivity index is 2.07. The molecular weight excluding hydrogens is 290 g/mol. The molecule has 0 aliphatic carbocycles. The molecule has 1 aromatic heterocycles. The van der Waals surface area contributed by atoms with Gasteiger partial charge in [0.1, 0.15) is 6.54 Å². The molecule has 1 aromatic rings. The van der Waals surface area contributed by atoms with Gasteiger partial charge in [0, 0.05) is 11.4 Å². The molecule has 4 amide bonds. The zero-order valence-electron chi connectivity index (χ0n) is 12.3. The van der Waals surface area contributed by atoms with Crippen molar-refractivity contribution in [3.8, 4) is 0 Å². The summed E-state index contributed by atoms with van der Waals surface area (Å²) in [5, 5.41) is 7.22. The Kier molecular flexibility index (Phi) is 4.32. The molecule has 0 unspecified atom stereocenters. The van der Waals surface area contributed by atoms with Crippen LogP contribution in [-0.2, 0) is 15.1 Å². The minimum Gasteiger partial charge on any atom is -0.354 e. The van der Waals surface area contributed by atoms with Crippen molar-refractivity contribution in [1.82, 2.24) is 15.5 Å². The molecule has 21 heavy (non-hydrogen) atoms. The minimum atomic E-state index is -1.08. The van der Waals surface area contributed by atoms with E-state index in [1.165, 1.54) is 11.3 Å². The number of rotatable bonds is 5. The maximum absolute atomic E-state index is 12.5. The molecule has 2 N–H and O–H groups in total. The van der Waals surface area contributed by atoms with Gasteiger partial charge in [0.15, 0.2) is 5.54 Å². The Morgan fingerprint density at radius 1 is 1.48 bits per heavy atom. The van der Waals surface area contributed by atoms with Gasteiger partial charge in [-0.2, -0.15) is 0 Å². The average Bonchev–Trinajstić information content (AvgIpc) is 3.01. The first-order chi connectivity index (χ1) is 9.84. The van der Waals surface area contributed by atoms with E-state index in [2.05, 4.69) is 10.6 Å². The van der Waals surface area contributed by atoms with E-state index in [4.69, 9.17) is 0 Å². The third-order valence-electron chi connectivity index (χ3n) is 3.30. The maximum Gasteiger partial charge on any atom is 0.325 e. The smallest absolute Gasteiger partial charge is 0.325 e. The number of carbonyl (C=O) groups excluding carboxylic acids is 3. The second-order valence-electron chi connectivity index (χ2n) is 5.62. The van der Waals surface area contributed by atoms with Crippen LogP contribution in [0.15, 0.2) is 17.5 Å². The van der Waals surface area contributed by atoms with Gasteiger partial charge in [-0.15, -0.1) is 11.3 Å². The van der Waals surface area contributed by atoms with Crippen molar-refractivity contribution >= 4 is 29.2 Å². The third kappa shape index (κ3) is 3.07. The fraction of sp³-hybridized carbons (Fsp3) is 0.500. The van der Waals surface area contributed by atoms with E-state index in [-0.39, 0.29) is 12.5 Å². The average molecular weight is 309 g/mol. The molecule has 0 aromatic carbocycles. The molecule has 1 aliphatic rings. The van der Waals surface area contributed by atoms with Crippen LogP contribution in [0, 0.1) is 5.92 Å². The van der Waals surface area contributed by atoms with Crippen LogP contribution in [0.3, 0.4) is 0 Å². The fourth-order valence-electron chi connectivity index (χ4n) is 2.09. The number of imide groups is 1. The van der Waals surface area contributed by atoms with E-state index in [0.717, 1.165) is 9.78 Å². The van der Waals surface area contributed by atoms with Crippen LogP contribution in [0.25, 0.3) is 0 Å². The van der Waals surface area contributed by atoms with Crippen LogP contribution in [0.4, 0.5) is 4.79 Å². The zero-order valence-corrected chi connectivity index (χ0v) is 13.1. The highest BCUT2D eigenvalue weighted by atomic mass is 32.1. The standard InChI is InChI=1S/C14H19N3O3S/c1-9(2)7-15-11(18)8-17-12(19)14(3,16-13(17)20)10-5-4-6-21-10/h4-6,9H,7-8H2,1-3H3,(H,15,18)(H,16,20)/t14-/m1/s1. The van der Waals surface area contributed by atoms with E-state index in [1.54, 1.807) is 13.0 Å². The molecule has 0 spiro atoms. The molecule has 0 radical (unpaired) electrons. The van der Waals surface area contributed by atoms with Gasteiger partial charge in [0.25, 0.3) is 5.91 Å². The van der Waals surface area contributed by atoms with Crippen LogP contribution in [0.5, 0.6) is 0 Å². The molecular formula is C14H19N3O3S. The normalized spacial score (nSPS) is 21.8. The number of carbonyl (C=O) groups is 3. The summed E-state index contributed by atoms with van der Waals surface area (Å²) < 4.78 is 0. The molecule has 1 atom stereocenters. The van der Waals surface area contributed by atoms with Crippen LogP contribution in [-0.4, -0.2) is 35.8 Å². The van der Waals surface area contributed by atoms with Crippen LogP contribution < -0.4 is 10.6 Å². The molecule has 2 heterocycles. The summed E-state index contributed by atoms with van der Waals surface area (Å²) in [6.45, 7) is 5.87. The second-order valence-corrected chi connectivity index (χ2v) is 6.57. The SMILES string of the molecule is CC(C)CNC(=O)CN1C(=O)N[C@](C)(c2cccs2)C1=O. The summed E-state index contributed by atoms with van der Waals surface area (Å²) in [6, 6.07) is 3.09. The second kappa shape index (κ2) is 5.85. The number of urea groups is 1. The lowest BCUT2D eigenvalue weighted by Gasteiger charge is -2.20. The summed E-state index contributed by atoms with van der Waals surface area (Å²) >= 11 is 1.40. The molecule has 1 saturated heterocycles. The summed E-state index contributed by atoms with van der Waals surface area (Å²) in [6.07, 6.45) is 0. The van der Waals surface area contributed by atoms with Crippen molar-refractivity contribution in [2.24, 2.45) is 5.92 Å². The minimum absolute atomic E-state index is 0.252. The number of thiophene rings is 1. The molecule has 0 saturated carbocycles. The largest absolute Gasteiger partial charge is 0.354 e. The molecule has 1 aliphatic heterocycles. The lowest BCUT2D eigenvalue weighted by molar-refractivity contribution is -0.134. The first-order valence-electron chi connectivity index (χ1n) is 6.79. The van der Waals surface area contributed by atoms with Crippen LogP contribution in [0.1, 0.15) is 25.6 Å².